The van der Waals surface area contributed by atoms with Crippen molar-refractivity contribution in [1.82, 2.24) is 24.7 Å². The molecule has 0 spiro atoms. The Morgan fingerprint density at radius 1 is 1.00 bits per heavy atom. The second-order valence-electron chi connectivity index (χ2n) is 5.61. The normalized spacial score (nSPS) is 11.1. The van der Waals surface area contributed by atoms with E-state index in [9.17, 15) is 0 Å². The van der Waals surface area contributed by atoms with Crippen LogP contribution in [0.25, 0.3) is 22.3 Å². The summed E-state index contributed by atoms with van der Waals surface area (Å²) in [5, 5.41) is 5.65. The first-order valence-corrected chi connectivity index (χ1v) is 8.21. The molecular weight excluding hydrogens is 336 g/mol. The number of hydrogen-bond acceptors (Lipinski definition) is 5. The lowest BCUT2D eigenvalue weighted by molar-refractivity contribution is 0.712. The molecule has 2 aromatic carbocycles. The number of benzene rings is 2. The molecule has 0 atom stereocenters. The van der Waals surface area contributed by atoms with E-state index >= 15 is 0 Å². The quantitative estimate of drug-likeness (QED) is 0.611. The molecule has 0 saturated heterocycles. The van der Waals surface area contributed by atoms with Crippen LogP contribution in [0.2, 0.25) is 5.28 Å². The molecule has 2 N–H and O–H groups in total. The average Bonchev–Trinajstić information content (AvgIpc) is 3.04. The molecule has 0 aliphatic heterocycles. The van der Waals surface area contributed by atoms with E-state index < -0.39 is 0 Å². The van der Waals surface area contributed by atoms with Crippen molar-refractivity contribution in [1.29, 1.82) is 0 Å². The summed E-state index contributed by atoms with van der Waals surface area (Å²) in [7, 11) is 0. The first-order valence-electron chi connectivity index (χ1n) is 7.83. The summed E-state index contributed by atoms with van der Waals surface area (Å²) in [6, 6.07) is 16.2. The Kier molecular flexibility index (Phi) is 4.13. The smallest absolute Gasteiger partial charge is 0.226 e. The van der Waals surface area contributed by atoms with Crippen LogP contribution in [0.4, 0.5) is 0 Å². The zero-order chi connectivity index (χ0) is 17.2. The third-order valence-electron chi connectivity index (χ3n) is 3.91. The number of nitrogens with zero attached hydrogens (tertiary/aromatic N) is 5. The fourth-order valence-electron chi connectivity index (χ4n) is 2.72. The summed E-state index contributed by atoms with van der Waals surface area (Å²) in [6.07, 6.45) is 1.84. The molecular formula is C18H15ClN6. The van der Waals surface area contributed by atoms with Crippen molar-refractivity contribution in [3.8, 4) is 11.4 Å². The van der Waals surface area contributed by atoms with Gasteiger partial charge in [-0.05, 0) is 35.4 Å². The van der Waals surface area contributed by atoms with E-state index in [1.807, 2.05) is 47.3 Å². The van der Waals surface area contributed by atoms with Crippen molar-refractivity contribution < 1.29 is 0 Å². The summed E-state index contributed by atoms with van der Waals surface area (Å²) in [5.41, 5.74) is 8.71. The highest BCUT2D eigenvalue weighted by Gasteiger charge is 2.10. The van der Waals surface area contributed by atoms with E-state index in [0.717, 1.165) is 23.0 Å². The lowest BCUT2D eigenvalue weighted by Crippen LogP contribution is -2.06. The van der Waals surface area contributed by atoms with Crippen molar-refractivity contribution in [3.63, 3.8) is 0 Å². The number of nitrogens with two attached hydrogens (primary N) is 1. The minimum Gasteiger partial charge on any atom is -0.324 e. The van der Waals surface area contributed by atoms with Crippen LogP contribution in [0.1, 0.15) is 11.4 Å². The van der Waals surface area contributed by atoms with Crippen molar-refractivity contribution in [3.05, 3.63) is 71.4 Å². The van der Waals surface area contributed by atoms with Crippen LogP contribution in [-0.4, -0.2) is 24.7 Å². The summed E-state index contributed by atoms with van der Waals surface area (Å²) >= 11 is 5.96. The summed E-state index contributed by atoms with van der Waals surface area (Å²) in [4.78, 5) is 12.5. The standard InChI is InChI=1S/C18H15ClN6/c19-18-23-16(9-20)22-17(24-18)13-6-7-15-14(8-13)10-21-25(15)11-12-4-2-1-3-5-12/h1-8,10H,9,11,20H2. The van der Waals surface area contributed by atoms with Gasteiger partial charge in [0.05, 0.1) is 24.8 Å². The molecule has 7 heteroatoms. The minimum absolute atomic E-state index is 0.144. The molecule has 0 fully saturated rings. The molecule has 0 aliphatic rings. The molecule has 2 aromatic heterocycles. The van der Waals surface area contributed by atoms with Crippen LogP contribution in [0.3, 0.4) is 0 Å². The van der Waals surface area contributed by atoms with E-state index in [2.05, 4.69) is 32.2 Å². The number of aromatic nitrogens is 5. The maximum Gasteiger partial charge on any atom is 0.226 e. The predicted octanol–water partition coefficient (Wildman–Crippen LogP) is 3.05. The zero-order valence-electron chi connectivity index (χ0n) is 13.3. The van der Waals surface area contributed by atoms with Gasteiger partial charge in [-0.1, -0.05) is 30.3 Å². The van der Waals surface area contributed by atoms with E-state index in [1.54, 1.807) is 0 Å². The number of fused-ring (bicyclic) bond motifs is 1. The van der Waals surface area contributed by atoms with Crippen LogP contribution < -0.4 is 5.73 Å². The Balaban J connectivity index is 1.71. The first kappa shape index (κ1) is 15.7. The summed E-state index contributed by atoms with van der Waals surface area (Å²) in [6.45, 7) is 0.936. The van der Waals surface area contributed by atoms with Gasteiger partial charge in [-0.15, -0.1) is 0 Å². The molecule has 2 heterocycles. The SMILES string of the molecule is NCc1nc(Cl)nc(-c2ccc3c(cnn3Cc3ccccc3)c2)n1. The first-order chi connectivity index (χ1) is 12.2. The Morgan fingerprint density at radius 3 is 2.64 bits per heavy atom. The highest BCUT2D eigenvalue weighted by molar-refractivity contribution is 6.28. The Bertz CT molecular complexity index is 1030. The van der Waals surface area contributed by atoms with Gasteiger partial charge in [0.25, 0.3) is 0 Å². The largest absolute Gasteiger partial charge is 0.324 e. The van der Waals surface area contributed by atoms with Crippen LogP contribution in [0.5, 0.6) is 0 Å². The monoisotopic (exact) mass is 350 g/mol. The van der Waals surface area contributed by atoms with Gasteiger partial charge in [-0.3, -0.25) is 4.68 Å². The number of halogens is 1. The number of hydrogen-bond donors (Lipinski definition) is 1. The molecule has 0 amide bonds. The van der Waals surface area contributed by atoms with Crippen molar-refractivity contribution in [2.45, 2.75) is 13.1 Å². The van der Waals surface area contributed by atoms with Crippen LogP contribution in [0, 0.1) is 0 Å². The Labute approximate surface area is 149 Å². The lowest BCUT2D eigenvalue weighted by Gasteiger charge is -2.05. The minimum atomic E-state index is 0.144. The fourth-order valence-corrected chi connectivity index (χ4v) is 2.90. The fraction of sp³-hybridized carbons (Fsp3) is 0.111. The zero-order valence-corrected chi connectivity index (χ0v) is 14.1. The van der Waals surface area contributed by atoms with Gasteiger partial charge in [0.1, 0.15) is 5.82 Å². The van der Waals surface area contributed by atoms with Crippen LogP contribution in [-0.2, 0) is 13.1 Å². The van der Waals surface area contributed by atoms with Gasteiger partial charge in [0.15, 0.2) is 5.82 Å². The number of rotatable bonds is 4. The van der Waals surface area contributed by atoms with Gasteiger partial charge >= 0.3 is 0 Å². The van der Waals surface area contributed by atoms with Gasteiger partial charge in [-0.25, -0.2) is 9.97 Å². The summed E-state index contributed by atoms with van der Waals surface area (Å²) in [5.74, 6) is 0.980. The Morgan fingerprint density at radius 2 is 1.84 bits per heavy atom. The van der Waals surface area contributed by atoms with Crippen LogP contribution in [0.15, 0.2) is 54.7 Å². The molecule has 0 bridgehead atoms. The van der Waals surface area contributed by atoms with Gasteiger partial charge in [0, 0.05) is 10.9 Å². The maximum absolute atomic E-state index is 5.96. The van der Waals surface area contributed by atoms with E-state index in [0.29, 0.717) is 11.6 Å². The molecule has 4 rings (SSSR count). The lowest BCUT2D eigenvalue weighted by atomic mass is 10.1. The maximum atomic E-state index is 5.96. The molecule has 6 nitrogen and oxygen atoms in total. The molecule has 4 aromatic rings. The molecule has 25 heavy (non-hydrogen) atoms. The van der Waals surface area contributed by atoms with Gasteiger partial charge < -0.3 is 5.73 Å². The predicted molar refractivity (Wildman–Crippen MR) is 97.0 cm³/mol. The second kappa shape index (κ2) is 6.58. The second-order valence-corrected chi connectivity index (χ2v) is 5.95. The Hall–Kier alpha value is -2.83. The van der Waals surface area contributed by atoms with Gasteiger partial charge in [-0.2, -0.15) is 10.1 Å². The third-order valence-corrected chi connectivity index (χ3v) is 4.08. The molecule has 124 valence electrons. The highest BCUT2D eigenvalue weighted by Crippen LogP contribution is 2.23. The molecule has 0 radical (unpaired) electrons. The van der Waals surface area contributed by atoms with Crippen LogP contribution >= 0.6 is 11.6 Å². The summed E-state index contributed by atoms with van der Waals surface area (Å²) < 4.78 is 1.97. The van der Waals surface area contributed by atoms with Crippen molar-refractivity contribution in [2.75, 3.05) is 0 Å². The van der Waals surface area contributed by atoms with E-state index in [-0.39, 0.29) is 11.8 Å². The molecule has 0 aliphatic carbocycles. The van der Waals surface area contributed by atoms with Crippen molar-refractivity contribution >= 4 is 22.5 Å². The topological polar surface area (TPSA) is 82.5 Å². The average molecular weight is 351 g/mol. The van der Waals surface area contributed by atoms with E-state index in [4.69, 9.17) is 17.3 Å². The third kappa shape index (κ3) is 3.22. The molecule has 0 saturated carbocycles. The molecule has 0 unspecified atom stereocenters. The van der Waals surface area contributed by atoms with Crippen molar-refractivity contribution in [2.24, 2.45) is 5.73 Å². The highest BCUT2D eigenvalue weighted by atomic mass is 35.5. The van der Waals surface area contributed by atoms with Gasteiger partial charge in [0.2, 0.25) is 5.28 Å². The van der Waals surface area contributed by atoms with E-state index in [1.165, 1.54) is 5.56 Å².